The zero-order chi connectivity index (χ0) is 16.7. The molecule has 4 nitrogen and oxygen atoms in total. The number of anilines is 1. The third-order valence-corrected chi connectivity index (χ3v) is 5.16. The molecule has 6 heteroatoms. The van der Waals surface area contributed by atoms with E-state index in [1.807, 2.05) is 55.5 Å². The lowest BCUT2D eigenvalue weighted by molar-refractivity contribution is -0.113. The Morgan fingerprint density at radius 3 is 2.62 bits per heavy atom. The van der Waals surface area contributed by atoms with Crippen molar-refractivity contribution in [2.45, 2.75) is 6.92 Å². The van der Waals surface area contributed by atoms with E-state index in [0.717, 1.165) is 22.6 Å². The summed E-state index contributed by atoms with van der Waals surface area (Å²) in [5.41, 5.74) is 2.72. The number of thiocarbonyl (C=S) groups is 1. The molecular weight excluding hydrogens is 342 g/mol. The second-order valence-corrected chi connectivity index (χ2v) is 7.09. The van der Waals surface area contributed by atoms with Gasteiger partial charge in [-0.3, -0.25) is 9.69 Å². The number of aryl methyl sites for hydroxylation is 1. The highest BCUT2D eigenvalue weighted by Gasteiger charge is 2.33. The van der Waals surface area contributed by atoms with Gasteiger partial charge in [0.15, 0.2) is 15.8 Å². The van der Waals surface area contributed by atoms with E-state index in [0.29, 0.717) is 15.0 Å². The summed E-state index contributed by atoms with van der Waals surface area (Å²) < 4.78 is 11.3. The van der Waals surface area contributed by atoms with Crippen LogP contribution in [0.15, 0.2) is 47.4 Å². The summed E-state index contributed by atoms with van der Waals surface area (Å²) in [5.74, 6) is 1.33. The van der Waals surface area contributed by atoms with Crippen molar-refractivity contribution in [2.75, 3.05) is 11.7 Å². The summed E-state index contributed by atoms with van der Waals surface area (Å²) in [6, 6.07) is 13.3. The first-order chi connectivity index (χ1) is 11.6. The molecule has 0 saturated carbocycles. The SMILES string of the molecule is Cc1cc2c(cc1/C=C1/SC(=S)N(c3ccccc3)C1=O)OCO2. The van der Waals surface area contributed by atoms with Gasteiger partial charge in [-0.15, -0.1) is 0 Å². The highest BCUT2D eigenvalue weighted by atomic mass is 32.2. The number of hydrogen-bond acceptors (Lipinski definition) is 5. The largest absolute Gasteiger partial charge is 0.454 e. The Balaban J connectivity index is 1.70. The molecule has 0 aromatic heterocycles. The Hall–Kier alpha value is -2.31. The maximum Gasteiger partial charge on any atom is 0.270 e. The molecule has 2 heterocycles. The van der Waals surface area contributed by atoms with Crippen LogP contribution in [0.4, 0.5) is 5.69 Å². The van der Waals surface area contributed by atoms with Gasteiger partial charge in [-0.25, -0.2) is 0 Å². The standard InChI is InChI=1S/C18H13NO3S2/c1-11-7-14-15(22-10-21-14)8-12(11)9-16-17(20)19(18(23)24-16)13-5-3-2-4-6-13/h2-9H,10H2,1H3/b16-9+. The van der Waals surface area contributed by atoms with Gasteiger partial charge in [-0.2, -0.15) is 0 Å². The van der Waals surface area contributed by atoms with Gasteiger partial charge < -0.3 is 9.47 Å². The number of nitrogens with zero attached hydrogens (tertiary/aromatic N) is 1. The smallest absolute Gasteiger partial charge is 0.270 e. The molecule has 0 aliphatic carbocycles. The van der Waals surface area contributed by atoms with Gasteiger partial charge in [0, 0.05) is 0 Å². The molecule has 0 unspecified atom stereocenters. The van der Waals surface area contributed by atoms with Crippen molar-refractivity contribution in [1.82, 2.24) is 0 Å². The maximum atomic E-state index is 12.8. The number of thioether (sulfide) groups is 1. The molecule has 0 bridgehead atoms. The average Bonchev–Trinajstić information content (AvgIpc) is 3.13. The van der Waals surface area contributed by atoms with Crippen molar-refractivity contribution in [3.05, 3.63) is 58.5 Å². The van der Waals surface area contributed by atoms with Crippen LogP contribution in [-0.4, -0.2) is 17.0 Å². The van der Waals surface area contributed by atoms with E-state index in [1.54, 1.807) is 4.90 Å². The lowest BCUT2D eigenvalue weighted by Gasteiger charge is -2.13. The Morgan fingerprint density at radius 1 is 1.17 bits per heavy atom. The molecule has 120 valence electrons. The van der Waals surface area contributed by atoms with Crippen LogP contribution in [0.5, 0.6) is 11.5 Å². The Kier molecular flexibility index (Phi) is 3.78. The van der Waals surface area contributed by atoms with Gasteiger partial charge in [0.05, 0.1) is 10.6 Å². The quantitative estimate of drug-likeness (QED) is 0.598. The topological polar surface area (TPSA) is 38.8 Å². The van der Waals surface area contributed by atoms with Crippen LogP contribution in [0.3, 0.4) is 0 Å². The Labute approximate surface area is 149 Å². The van der Waals surface area contributed by atoms with Gasteiger partial charge >= 0.3 is 0 Å². The number of amides is 1. The summed E-state index contributed by atoms with van der Waals surface area (Å²) in [4.78, 5) is 14.9. The summed E-state index contributed by atoms with van der Waals surface area (Å²) >= 11 is 6.70. The van der Waals surface area contributed by atoms with Crippen LogP contribution < -0.4 is 14.4 Å². The molecule has 1 amide bonds. The van der Waals surface area contributed by atoms with Gasteiger partial charge in [0.1, 0.15) is 0 Å². The van der Waals surface area contributed by atoms with E-state index in [1.165, 1.54) is 11.8 Å². The summed E-state index contributed by atoms with van der Waals surface area (Å²) in [6.45, 7) is 2.21. The number of hydrogen-bond donors (Lipinski definition) is 0. The number of carbonyl (C=O) groups excluding carboxylic acids is 1. The first-order valence-corrected chi connectivity index (χ1v) is 8.59. The molecule has 2 aromatic carbocycles. The third-order valence-electron chi connectivity index (χ3n) is 3.86. The number of para-hydroxylation sites is 1. The fraction of sp³-hybridized carbons (Fsp3) is 0.111. The molecule has 0 N–H and O–H groups in total. The number of benzene rings is 2. The molecular formula is C18H13NO3S2. The predicted octanol–water partition coefficient (Wildman–Crippen LogP) is 4.13. The highest BCUT2D eigenvalue weighted by Crippen LogP contribution is 2.39. The van der Waals surface area contributed by atoms with Gasteiger partial charge in [0.25, 0.3) is 5.91 Å². The van der Waals surface area contributed by atoms with Crippen molar-refractivity contribution in [2.24, 2.45) is 0 Å². The third kappa shape index (κ3) is 2.57. The van der Waals surface area contributed by atoms with Crippen molar-refractivity contribution in [1.29, 1.82) is 0 Å². The van der Waals surface area contributed by atoms with E-state index in [2.05, 4.69) is 0 Å². The fourth-order valence-electron chi connectivity index (χ4n) is 2.62. The van der Waals surface area contributed by atoms with E-state index in [4.69, 9.17) is 21.7 Å². The normalized spacial score (nSPS) is 17.9. The molecule has 24 heavy (non-hydrogen) atoms. The highest BCUT2D eigenvalue weighted by molar-refractivity contribution is 8.27. The van der Waals surface area contributed by atoms with Crippen molar-refractivity contribution in [3.63, 3.8) is 0 Å². The van der Waals surface area contributed by atoms with Gasteiger partial charge in [-0.1, -0.05) is 42.2 Å². The minimum atomic E-state index is -0.103. The number of rotatable bonds is 2. The molecule has 0 spiro atoms. The first-order valence-electron chi connectivity index (χ1n) is 7.37. The number of carbonyl (C=O) groups is 1. The van der Waals surface area contributed by atoms with E-state index in [-0.39, 0.29) is 12.7 Å². The Morgan fingerprint density at radius 2 is 1.88 bits per heavy atom. The second kappa shape index (κ2) is 5.96. The second-order valence-electron chi connectivity index (χ2n) is 5.41. The summed E-state index contributed by atoms with van der Waals surface area (Å²) in [7, 11) is 0. The Bertz CT molecular complexity index is 877. The van der Waals surface area contributed by atoms with Crippen molar-refractivity contribution >= 4 is 46.0 Å². The van der Waals surface area contributed by atoms with Crippen molar-refractivity contribution < 1.29 is 14.3 Å². The van der Waals surface area contributed by atoms with Crippen LogP contribution in [0.25, 0.3) is 6.08 Å². The predicted molar refractivity (Wildman–Crippen MR) is 99.4 cm³/mol. The lowest BCUT2D eigenvalue weighted by atomic mass is 10.1. The van der Waals surface area contributed by atoms with E-state index < -0.39 is 0 Å². The molecule has 2 aliphatic heterocycles. The van der Waals surface area contributed by atoms with Crippen LogP contribution in [0, 0.1) is 6.92 Å². The molecule has 4 rings (SSSR count). The first kappa shape index (κ1) is 15.2. The molecule has 1 fully saturated rings. The van der Waals surface area contributed by atoms with E-state index in [9.17, 15) is 4.79 Å². The van der Waals surface area contributed by atoms with Gasteiger partial charge in [0.2, 0.25) is 6.79 Å². The van der Waals surface area contributed by atoms with Crippen molar-refractivity contribution in [3.8, 4) is 11.5 Å². The zero-order valence-electron chi connectivity index (χ0n) is 12.8. The maximum absolute atomic E-state index is 12.8. The average molecular weight is 355 g/mol. The minimum Gasteiger partial charge on any atom is -0.454 e. The van der Waals surface area contributed by atoms with E-state index >= 15 is 0 Å². The molecule has 0 radical (unpaired) electrons. The lowest BCUT2D eigenvalue weighted by Crippen LogP contribution is -2.27. The van der Waals surface area contributed by atoms with Crippen LogP contribution in [0.2, 0.25) is 0 Å². The molecule has 2 aliphatic rings. The molecule has 1 saturated heterocycles. The minimum absolute atomic E-state index is 0.103. The van der Waals surface area contributed by atoms with Gasteiger partial charge in [-0.05, 0) is 48.4 Å². The van der Waals surface area contributed by atoms with Crippen LogP contribution >= 0.6 is 24.0 Å². The molecule has 0 atom stereocenters. The molecule has 2 aromatic rings. The summed E-state index contributed by atoms with van der Waals surface area (Å²) in [6.07, 6.45) is 1.86. The van der Waals surface area contributed by atoms with Crippen LogP contribution in [0.1, 0.15) is 11.1 Å². The zero-order valence-corrected chi connectivity index (χ0v) is 14.4. The monoisotopic (exact) mass is 355 g/mol. The summed E-state index contributed by atoms with van der Waals surface area (Å²) in [5, 5.41) is 0. The van der Waals surface area contributed by atoms with Crippen LogP contribution in [-0.2, 0) is 4.79 Å². The number of fused-ring (bicyclic) bond motifs is 1. The number of ether oxygens (including phenoxy) is 2. The fourth-order valence-corrected chi connectivity index (χ4v) is 3.91.